The van der Waals surface area contributed by atoms with Gasteiger partial charge in [0, 0.05) is 31.6 Å². The van der Waals surface area contributed by atoms with Crippen LogP contribution >= 0.6 is 0 Å². The van der Waals surface area contributed by atoms with E-state index in [0.717, 1.165) is 19.5 Å². The summed E-state index contributed by atoms with van der Waals surface area (Å²) in [7, 11) is 0. The molecule has 4 nitrogen and oxygen atoms in total. The second-order valence-electron chi connectivity index (χ2n) is 7.83. The molecule has 0 bridgehead atoms. The van der Waals surface area contributed by atoms with Gasteiger partial charge in [-0.2, -0.15) is 0 Å². The largest absolute Gasteiger partial charge is 0.390 e. The van der Waals surface area contributed by atoms with E-state index >= 15 is 0 Å². The van der Waals surface area contributed by atoms with Gasteiger partial charge in [0.2, 0.25) is 0 Å². The van der Waals surface area contributed by atoms with Crippen LogP contribution in [0.5, 0.6) is 0 Å². The van der Waals surface area contributed by atoms with Crippen molar-refractivity contribution in [3.63, 3.8) is 0 Å². The van der Waals surface area contributed by atoms with Crippen LogP contribution in [0.25, 0.3) is 0 Å². The van der Waals surface area contributed by atoms with Crippen molar-refractivity contribution in [3.8, 4) is 11.8 Å². The molecule has 1 fully saturated rings. The van der Waals surface area contributed by atoms with E-state index in [-0.39, 0.29) is 17.4 Å². The number of aliphatic hydroxyl groups is 1. The molecule has 24 heavy (non-hydrogen) atoms. The first kappa shape index (κ1) is 17.0. The first-order valence-electron chi connectivity index (χ1n) is 8.64. The summed E-state index contributed by atoms with van der Waals surface area (Å²) in [4.78, 5) is 16.3. The lowest BCUT2D eigenvalue weighted by atomic mass is 9.98. The molecule has 0 radical (unpaired) electrons. The predicted molar refractivity (Wildman–Crippen MR) is 94.2 cm³/mol. The van der Waals surface area contributed by atoms with Gasteiger partial charge in [-0.3, -0.25) is 9.69 Å². The molecule has 1 saturated heterocycles. The third-order valence-electron chi connectivity index (χ3n) is 4.72. The van der Waals surface area contributed by atoms with Crippen LogP contribution in [0.3, 0.4) is 0 Å². The Balaban J connectivity index is 1.66. The Morgan fingerprint density at radius 2 is 1.92 bits per heavy atom. The standard InChI is InChI=1S/C20H26N2O2/c1-20(2,3)10-8-19(24)22-13-17(18(23)14-22)21-11-9-15-6-4-5-7-16(15)12-21/h4-7,17-18,23H,9,11-14H2,1-3H3/t17-,18-/m1/s1. The van der Waals surface area contributed by atoms with Crippen LogP contribution in [-0.4, -0.2) is 52.6 Å². The summed E-state index contributed by atoms with van der Waals surface area (Å²) in [5.41, 5.74) is 2.53. The number of rotatable bonds is 1. The SMILES string of the molecule is CC(C)(C)C#CC(=O)N1C[C@@H](O)[C@H](N2CCc3ccccc3C2)C1. The van der Waals surface area contributed by atoms with Crippen molar-refractivity contribution < 1.29 is 9.90 Å². The molecule has 1 amide bonds. The summed E-state index contributed by atoms with van der Waals surface area (Å²) in [6, 6.07) is 8.47. The lowest BCUT2D eigenvalue weighted by Gasteiger charge is -2.34. The third-order valence-corrected chi connectivity index (χ3v) is 4.72. The first-order valence-corrected chi connectivity index (χ1v) is 8.64. The quantitative estimate of drug-likeness (QED) is 0.799. The second kappa shape index (κ2) is 6.58. The van der Waals surface area contributed by atoms with E-state index < -0.39 is 6.10 Å². The number of carbonyl (C=O) groups excluding carboxylic acids is 1. The van der Waals surface area contributed by atoms with E-state index in [1.54, 1.807) is 4.90 Å². The van der Waals surface area contributed by atoms with Gasteiger partial charge >= 0.3 is 0 Å². The lowest BCUT2D eigenvalue weighted by molar-refractivity contribution is -0.124. The Hall–Kier alpha value is -1.83. The average Bonchev–Trinajstić information content (AvgIpc) is 2.93. The van der Waals surface area contributed by atoms with Gasteiger partial charge in [-0.1, -0.05) is 30.2 Å². The van der Waals surface area contributed by atoms with Crippen LogP contribution in [0.1, 0.15) is 31.9 Å². The number of nitrogens with zero attached hydrogens (tertiary/aromatic N) is 2. The van der Waals surface area contributed by atoms with Gasteiger partial charge in [-0.15, -0.1) is 0 Å². The number of amides is 1. The maximum absolute atomic E-state index is 12.3. The summed E-state index contributed by atoms with van der Waals surface area (Å²) < 4.78 is 0. The van der Waals surface area contributed by atoms with Gasteiger partial charge in [0.25, 0.3) is 5.91 Å². The smallest absolute Gasteiger partial charge is 0.298 e. The maximum Gasteiger partial charge on any atom is 0.298 e. The van der Waals surface area contributed by atoms with Crippen LogP contribution in [-0.2, 0) is 17.8 Å². The minimum atomic E-state index is -0.504. The van der Waals surface area contributed by atoms with Crippen molar-refractivity contribution in [2.45, 2.75) is 45.9 Å². The summed E-state index contributed by atoms with van der Waals surface area (Å²) in [6.45, 7) is 8.66. The highest BCUT2D eigenvalue weighted by atomic mass is 16.3. The number of aliphatic hydroxyl groups excluding tert-OH is 1. The van der Waals surface area contributed by atoms with E-state index in [9.17, 15) is 9.90 Å². The van der Waals surface area contributed by atoms with E-state index in [2.05, 4.69) is 41.0 Å². The van der Waals surface area contributed by atoms with Crippen molar-refractivity contribution in [1.29, 1.82) is 0 Å². The molecule has 0 aliphatic carbocycles. The van der Waals surface area contributed by atoms with Gasteiger partial charge in [-0.05, 0) is 44.2 Å². The van der Waals surface area contributed by atoms with Crippen molar-refractivity contribution >= 4 is 5.91 Å². The Labute approximate surface area is 144 Å². The molecule has 1 N–H and O–H groups in total. The van der Waals surface area contributed by atoms with E-state index in [0.29, 0.717) is 13.1 Å². The molecule has 2 aliphatic heterocycles. The zero-order valence-electron chi connectivity index (χ0n) is 14.7. The highest BCUT2D eigenvalue weighted by Crippen LogP contribution is 2.24. The van der Waals surface area contributed by atoms with Crippen LogP contribution in [0, 0.1) is 17.3 Å². The van der Waals surface area contributed by atoms with E-state index in [1.807, 2.05) is 20.8 Å². The number of carbonyl (C=O) groups is 1. The summed E-state index contributed by atoms with van der Waals surface area (Å²) in [5, 5.41) is 10.5. The number of likely N-dealkylation sites (tertiary alicyclic amines) is 1. The normalized spacial score (nSPS) is 24.2. The molecule has 2 aliphatic rings. The molecule has 0 aromatic heterocycles. The summed E-state index contributed by atoms with van der Waals surface area (Å²) in [5.74, 6) is 5.54. The lowest BCUT2D eigenvalue weighted by Crippen LogP contribution is -2.45. The fraction of sp³-hybridized carbons (Fsp3) is 0.550. The fourth-order valence-electron chi connectivity index (χ4n) is 3.41. The first-order chi connectivity index (χ1) is 11.3. The van der Waals surface area contributed by atoms with Crippen LogP contribution in [0.4, 0.5) is 0 Å². The van der Waals surface area contributed by atoms with E-state index in [1.165, 1.54) is 11.1 Å². The predicted octanol–water partition coefficient (Wildman–Crippen LogP) is 1.67. The van der Waals surface area contributed by atoms with Gasteiger partial charge in [-0.25, -0.2) is 0 Å². The van der Waals surface area contributed by atoms with Crippen molar-refractivity contribution in [2.24, 2.45) is 5.41 Å². The molecule has 4 heteroatoms. The number of hydrogen-bond donors (Lipinski definition) is 1. The molecule has 0 unspecified atom stereocenters. The molecule has 1 aromatic carbocycles. The van der Waals surface area contributed by atoms with Crippen LogP contribution < -0.4 is 0 Å². The molecule has 1 aromatic rings. The Morgan fingerprint density at radius 3 is 2.62 bits per heavy atom. The van der Waals surface area contributed by atoms with Crippen molar-refractivity contribution in [2.75, 3.05) is 19.6 Å². The number of β-amino-alcohol motifs (C(OH)–C–C–N with tert-alkyl or cyclic N) is 1. The summed E-state index contributed by atoms with van der Waals surface area (Å²) in [6.07, 6.45) is 0.493. The van der Waals surface area contributed by atoms with Crippen molar-refractivity contribution in [1.82, 2.24) is 9.80 Å². The average molecular weight is 326 g/mol. The fourth-order valence-corrected chi connectivity index (χ4v) is 3.41. The van der Waals surface area contributed by atoms with Crippen LogP contribution in [0.2, 0.25) is 0 Å². The second-order valence-corrected chi connectivity index (χ2v) is 7.83. The Kier molecular flexibility index (Phi) is 4.67. The third kappa shape index (κ3) is 3.80. The van der Waals surface area contributed by atoms with Gasteiger partial charge in [0.05, 0.1) is 12.1 Å². The molecule has 2 atom stereocenters. The number of hydrogen-bond acceptors (Lipinski definition) is 3. The molecular formula is C20H26N2O2. The highest BCUT2D eigenvalue weighted by Gasteiger charge is 2.38. The number of benzene rings is 1. The zero-order chi connectivity index (χ0) is 17.3. The minimum Gasteiger partial charge on any atom is -0.390 e. The molecule has 0 saturated carbocycles. The topological polar surface area (TPSA) is 43.8 Å². The number of fused-ring (bicyclic) bond motifs is 1. The van der Waals surface area contributed by atoms with Gasteiger partial charge in [0.1, 0.15) is 0 Å². The van der Waals surface area contributed by atoms with Gasteiger partial charge in [0.15, 0.2) is 0 Å². The summed E-state index contributed by atoms with van der Waals surface area (Å²) >= 11 is 0. The monoisotopic (exact) mass is 326 g/mol. The Bertz CT molecular complexity index is 681. The molecular weight excluding hydrogens is 300 g/mol. The molecule has 0 spiro atoms. The zero-order valence-corrected chi connectivity index (χ0v) is 14.7. The van der Waals surface area contributed by atoms with Crippen LogP contribution in [0.15, 0.2) is 24.3 Å². The minimum absolute atomic E-state index is 0.00116. The van der Waals surface area contributed by atoms with Gasteiger partial charge < -0.3 is 10.0 Å². The maximum atomic E-state index is 12.3. The molecule has 2 heterocycles. The van der Waals surface area contributed by atoms with Crippen molar-refractivity contribution in [3.05, 3.63) is 35.4 Å². The molecule has 128 valence electrons. The van der Waals surface area contributed by atoms with E-state index in [4.69, 9.17) is 0 Å². The Morgan fingerprint density at radius 1 is 1.21 bits per heavy atom. The molecule has 3 rings (SSSR count). The highest BCUT2D eigenvalue weighted by molar-refractivity contribution is 5.93.